The number of amides is 1. The maximum absolute atomic E-state index is 11.3. The predicted octanol–water partition coefficient (Wildman–Crippen LogP) is 1.54. The van der Waals surface area contributed by atoms with Gasteiger partial charge in [-0.15, -0.1) is 11.3 Å². The molecule has 0 aromatic carbocycles. The first-order valence-electron chi connectivity index (χ1n) is 5.35. The van der Waals surface area contributed by atoms with Crippen LogP contribution in [0.4, 0.5) is 0 Å². The molecule has 0 aliphatic rings. The van der Waals surface area contributed by atoms with E-state index in [2.05, 4.69) is 15.3 Å². The first kappa shape index (κ1) is 13.8. The third-order valence-corrected chi connectivity index (χ3v) is 4.68. The van der Waals surface area contributed by atoms with Crippen LogP contribution in [0.25, 0.3) is 10.2 Å². The zero-order valence-corrected chi connectivity index (χ0v) is 11.9. The molecule has 0 atom stereocenters. The van der Waals surface area contributed by atoms with Gasteiger partial charge in [-0.3, -0.25) is 4.79 Å². The topological polar surface area (TPSA) is 92.2 Å². The Morgan fingerprint density at radius 3 is 2.84 bits per heavy atom. The van der Waals surface area contributed by atoms with Crippen molar-refractivity contribution in [3.8, 4) is 0 Å². The minimum absolute atomic E-state index is 0.108. The first-order valence-corrected chi connectivity index (χ1v) is 7.15. The van der Waals surface area contributed by atoms with Gasteiger partial charge in [0.15, 0.2) is 0 Å². The van der Waals surface area contributed by atoms with Crippen molar-refractivity contribution < 1.29 is 14.7 Å². The van der Waals surface area contributed by atoms with Crippen molar-refractivity contribution in [1.29, 1.82) is 0 Å². The maximum atomic E-state index is 11.3. The Morgan fingerprint density at radius 1 is 1.47 bits per heavy atom. The highest BCUT2D eigenvalue weighted by atomic mass is 32.2. The number of nitrogens with one attached hydrogen (secondary N) is 1. The number of aromatic nitrogens is 2. The van der Waals surface area contributed by atoms with Gasteiger partial charge in [-0.1, -0.05) is 11.8 Å². The van der Waals surface area contributed by atoms with Crippen molar-refractivity contribution in [1.82, 2.24) is 15.3 Å². The molecule has 0 aliphatic carbocycles. The highest BCUT2D eigenvalue weighted by Gasteiger charge is 2.19. The Labute approximate surface area is 117 Å². The van der Waals surface area contributed by atoms with Crippen LogP contribution in [0.1, 0.15) is 15.2 Å². The number of thiophene rings is 1. The Balaban J connectivity index is 2.44. The van der Waals surface area contributed by atoms with Crippen molar-refractivity contribution in [2.45, 2.75) is 11.9 Å². The number of aromatic carboxylic acids is 1. The van der Waals surface area contributed by atoms with E-state index >= 15 is 0 Å². The third kappa shape index (κ3) is 2.69. The van der Waals surface area contributed by atoms with Gasteiger partial charge in [-0.05, 0) is 12.5 Å². The second-order valence-corrected chi connectivity index (χ2v) is 5.65. The smallest absolute Gasteiger partial charge is 0.346 e. The van der Waals surface area contributed by atoms with Gasteiger partial charge in [0.05, 0.1) is 5.75 Å². The number of carboxylic acids is 1. The molecule has 0 radical (unpaired) electrons. The number of rotatable bonds is 4. The zero-order chi connectivity index (χ0) is 14.0. The molecule has 2 aromatic heterocycles. The fourth-order valence-corrected chi connectivity index (χ4v) is 3.54. The molecule has 0 saturated carbocycles. The summed E-state index contributed by atoms with van der Waals surface area (Å²) >= 11 is 2.39. The quantitative estimate of drug-likeness (QED) is 0.657. The van der Waals surface area contributed by atoms with Crippen LogP contribution in [-0.2, 0) is 4.79 Å². The molecule has 100 valence electrons. The minimum Gasteiger partial charge on any atom is -0.477 e. The molecule has 0 unspecified atom stereocenters. The standard InChI is InChI=1S/C11H11N3O3S2/c1-5-7-9(18-3-6(15)12-2)13-4-14-10(7)19-8(5)11(16)17/h4H,3H2,1-2H3,(H,12,15)(H,16,17). The molecular weight excluding hydrogens is 286 g/mol. The average Bonchev–Trinajstić information content (AvgIpc) is 2.74. The zero-order valence-electron chi connectivity index (χ0n) is 10.3. The molecule has 1 amide bonds. The van der Waals surface area contributed by atoms with Crippen molar-refractivity contribution in [3.05, 3.63) is 16.8 Å². The van der Waals surface area contributed by atoms with Crippen LogP contribution in [-0.4, -0.2) is 39.8 Å². The minimum atomic E-state index is -0.970. The molecule has 0 saturated heterocycles. The summed E-state index contributed by atoms with van der Waals surface area (Å²) < 4.78 is 0. The highest BCUT2D eigenvalue weighted by molar-refractivity contribution is 8.00. The van der Waals surface area contributed by atoms with Gasteiger partial charge in [0, 0.05) is 12.4 Å². The van der Waals surface area contributed by atoms with E-state index in [0.29, 0.717) is 15.4 Å². The van der Waals surface area contributed by atoms with Crippen molar-refractivity contribution >= 4 is 45.2 Å². The number of carboxylic acid groups (broad SMARTS) is 1. The lowest BCUT2D eigenvalue weighted by molar-refractivity contribution is -0.118. The monoisotopic (exact) mass is 297 g/mol. The van der Waals surface area contributed by atoms with E-state index in [1.54, 1.807) is 14.0 Å². The molecule has 19 heavy (non-hydrogen) atoms. The number of carbonyl (C=O) groups is 2. The van der Waals surface area contributed by atoms with Crippen LogP contribution in [0.15, 0.2) is 11.4 Å². The van der Waals surface area contributed by atoms with Crippen LogP contribution in [0.3, 0.4) is 0 Å². The molecule has 0 aliphatic heterocycles. The second kappa shape index (κ2) is 5.54. The third-order valence-electron chi connectivity index (χ3n) is 2.51. The Morgan fingerprint density at radius 2 is 2.21 bits per heavy atom. The molecule has 2 heterocycles. The summed E-state index contributed by atoms with van der Waals surface area (Å²) in [7, 11) is 1.57. The molecule has 2 aromatic rings. The predicted molar refractivity (Wildman–Crippen MR) is 73.9 cm³/mol. The van der Waals surface area contributed by atoms with Crippen LogP contribution in [0, 0.1) is 6.92 Å². The molecule has 2 rings (SSSR count). The first-order chi connectivity index (χ1) is 9.04. The average molecular weight is 297 g/mol. The van der Waals surface area contributed by atoms with E-state index < -0.39 is 5.97 Å². The van der Waals surface area contributed by atoms with Gasteiger partial charge in [-0.25, -0.2) is 14.8 Å². The van der Waals surface area contributed by atoms with Crippen molar-refractivity contribution in [2.75, 3.05) is 12.8 Å². The lowest BCUT2D eigenvalue weighted by Crippen LogP contribution is -2.19. The van der Waals surface area contributed by atoms with Crippen LogP contribution in [0.5, 0.6) is 0 Å². The summed E-state index contributed by atoms with van der Waals surface area (Å²) in [5, 5.41) is 13.0. The molecular formula is C11H11N3O3S2. The molecule has 8 heteroatoms. The number of hydrogen-bond donors (Lipinski definition) is 2. The Kier molecular flexibility index (Phi) is 4.01. The summed E-state index contributed by atoms with van der Waals surface area (Å²) in [6.07, 6.45) is 1.39. The maximum Gasteiger partial charge on any atom is 0.346 e. The second-order valence-electron chi connectivity index (χ2n) is 3.68. The van der Waals surface area contributed by atoms with Crippen LogP contribution >= 0.6 is 23.1 Å². The van der Waals surface area contributed by atoms with Crippen molar-refractivity contribution in [3.63, 3.8) is 0 Å². The van der Waals surface area contributed by atoms with E-state index in [1.165, 1.54) is 18.1 Å². The number of carbonyl (C=O) groups excluding carboxylic acids is 1. The van der Waals surface area contributed by atoms with Crippen LogP contribution in [0.2, 0.25) is 0 Å². The van der Waals surface area contributed by atoms with E-state index in [-0.39, 0.29) is 16.5 Å². The summed E-state index contributed by atoms with van der Waals surface area (Å²) in [6, 6.07) is 0. The number of nitrogens with zero attached hydrogens (tertiary/aromatic N) is 2. The van der Waals surface area contributed by atoms with Gasteiger partial charge in [0.2, 0.25) is 5.91 Å². The van der Waals surface area contributed by atoms with Gasteiger partial charge in [0.25, 0.3) is 0 Å². The normalized spacial score (nSPS) is 10.6. The SMILES string of the molecule is CNC(=O)CSc1ncnc2sc(C(=O)O)c(C)c12. The summed E-state index contributed by atoms with van der Waals surface area (Å²) in [5.74, 6) is -0.841. The summed E-state index contributed by atoms with van der Waals surface area (Å²) in [6.45, 7) is 1.73. The van der Waals surface area contributed by atoms with Gasteiger partial charge < -0.3 is 10.4 Å². The van der Waals surface area contributed by atoms with Gasteiger partial charge in [-0.2, -0.15) is 0 Å². The Hall–Kier alpha value is -1.67. The lowest BCUT2D eigenvalue weighted by atomic mass is 10.2. The number of thioether (sulfide) groups is 1. The van der Waals surface area contributed by atoms with E-state index in [9.17, 15) is 9.59 Å². The highest BCUT2D eigenvalue weighted by Crippen LogP contribution is 2.34. The number of aryl methyl sites for hydroxylation is 1. The lowest BCUT2D eigenvalue weighted by Gasteiger charge is -2.02. The van der Waals surface area contributed by atoms with E-state index in [4.69, 9.17) is 5.11 Å². The van der Waals surface area contributed by atoms with E-state index in [0.717, 1.165) is 16.7 Å². The van der Waals surface area contributed by atoms with E-state index in [1.807, 2.05) is 0 Å². The molecule has 0 fully saturated rings. The van der Waals surface area contributed by atoms with Crippen LogP contribution < -0.4 is 5.32 Å². The largest absolute Gasteiger partial charge is 0.477 e. The number of hydrogen-bond acceptors (Lipinski definition) is 6. The summed E-state index contributed by atoms with van der Waals surface area (Å²) in [4.78, 5) is 31.5. The molecule has 0 spiro atoms. The summed E-state index contributed by atoms with van der Waals surface area (Å²) in [5.41, 5.74) is 0.646. The Bertz CT molecular complexity index is 654. The van der Waals surface area contributed by atoms with Crippen molar-refractivity contribution in [2.24, 2.45) is 0 Å². The fourth-order valence-electron chi connectivity index (χ4n) is 1.56. The fraction of sp³-hybridized carbons (Fsp3) is 0.273. The number of fused-ring (bicyclic) bond motifs is 1. The molecule has 6 nitrogen and oxygen atoms in total. The molecule has 0 bridgehead atoms. The van der Waals surface area contributed by atoms with Gasteiger partial charge >= 0.3 is 5.97 Å². The molecule has 2 N–H and O–H groups in total. The van der Waals surface area contributed by atoms with Gasteiger partial charge in [0.1, 0.15) is 21.1 Å².